The van der Waals surface area contributed by atoms with Crippen molar-refractivity contribution < 1.29 is 17.9 Å². The van der Waals surface area contributed by atoms with E-state index in [2.05, 4.69) is 10.0 Å². The predicted octanol–water partition coefficient (Wildman–Crippen LogP) is 3.88. The number of carbonyl (C=O) groups is 1. The van der Waals surface area contributed by atoms with Crippen molar-refractivity contribution in [2.75, 3.05) is 11.3 Å². The molecule has 0 fully saturated rings. The summed E-state index contributed by atoms with van der Waals surface area (Å²) in [7, 11) is -3.82. The lowest BCUT2D eigenvalue weighted by Crippen LogP contribution is -2.23. The third-order valence-electron chi connectivity index (χ3n) is 3.83. The van der Waals surface area contributed by atoms with Crippen LogP contribution in [0.5, 0.6) is 5.75 Å². The Morgan fingerprint density at radius 1 is 1.07 bits per heavy atom. The molecule has 0 saturated carbocycles. The summed E-state index contributed by atoms with van der Waals surface area (Å²) < 4.78 is 33.2. The Morgan fingerprint density at radius 3 is 2.54 bits per heavy atom. The molecule has 1 heterocycles. The highest BCUT2D eigenvalue weighted by Gasteiger charge is 2.16. The molecule has 2 aromatic carbocycles. The van der Waals surface area contributed by atoms with Gasteiger partial charge in [0.05, 0.1) is 18.0 Å². The van der Waals surface area contributed by atoms with Gasteiger partial charge in [-0.3, -0.25) is 9.52 Å². The zero-order valence-electron chi connectivity index (χ0n) is 15.2. The van der Waals surface area contributed by atoms with E-state index in [1.54, 1.807) is 47.7 Å². The third kappa shape index (κ3) is 5.11. The van der Waals surface area contributed by atoms with Crippen molar-refractivity contribution in [1.29, 1.82) is 0 Å². The van der Waals surface area contributed by atoms with Gasteiger partial charge in [0.2, 0.25) is 0 Å². The number of rotatable bonds is 8. The average Bonchev–Trinajstić information content (AvgIpc) is 3.21. The molecule has 1 aromatic heterocycles. The molecule has 28 heavy (non-hydrogen) atoms. The maximum Gasteiger partial charge on any atom is 0.261 e. The summed E-state index contributed by atoms with van der Waals surface area (Å²) in [6.45, 7) is 2.81. The van der Waals surface area contributed by atoms with Crippen LogP contribution in [0.4, 0.5) is 5.69 Å². The number of hydrogen-bond donors (Lipinski definition) is 2. The van der Waals surface area contributed by atoms with E-state index in [-0.39, 0.29) is 16.4 Å². The van der Waals surface area contributed by atoms with Crippen LogP contribution in [-0.4, -0.2) is 20.9 Å². The number of hydrogen-bond acceptors (Lipinski definition) is 5. The van der Waals surface area contributed by atoms with Crippen LogP contribution in [0.1, 0.15) is 22.2 Å². The van der Waals surface area contributed by atoms with E-state index in [0.29, 0.717) is 24.6 Å². The van der Waals surface area contributed by atoms with Crippen LogP contribution in [0.3, 0.4) is 0 Å². The molecule has 0 aliphatic heterocycles. The van der Waals surface area contributed by atoms with Crippen LogP contribution in [0.15, 0.2) is 70.9 Å². The minimum atomic E-state index is -3.82. The summed E-state index contributed by atoms with van der Waals surface area (Å²) in [4.78, 5) is 13.4. The molecule has 0 bridgehead atoms. The summed E-state index contributed by atoms with van der Waals surface area (Å²) in [5.41, 5.74) is 0.696. The van der Waals surface area contributed by atoms with Gasteiger partial charge in [-0.1, -0.05) is 12.1 Å². The van der Waals surface area contributed by atoms with Crippen molar-refractivity contribution >= 4 is 33.0 Å². The average molecular weight is 417 g/mol. The number of nitrogens with one attached hydrogen (secondary N) is 2. The van der Waals surface area contributed by atoms with Gasteiger partial charge in [-0.15, -0.1) is 11.3 Å². The second kappa shape index (κ2) is 8.90. The minimum Gasteiger partial charge on any atom is -0.494 e. The fourth-order valence-electron chi connectivity index (χ4n) is 2.49. The molecule has 0 spiro atoms. The lowest BCUT2D eigenvalue weighted by atomic mass is 10.2. The van der Waals surface area contributed by atoms with Gasteiger partial charge in [-0.05, 0) is 60.8 Å². The quantitative estimate of drug-likeness (QED) is 0.584. The predicted molar refractivity (Wildman–Crippen MR) is 110 cm³/mol. The molecule has 146 valence electrons. The highest BCUT2D eigenvalue weighted by Crippen LogP contribution is 2.20. The van der Waals surface area contributed by atoms with Gasteiger partial charge in [-0.25, -0.2) is 8.42 Å². The number of amides is 1. The van der Waals surface area contributed by atoms with Gasteiger partial charge in [0.15, 0.2) is 0 Å². The molecular weight excluding hydrogens is 396 g/mol. The minimum absolute atomic E-state index is 0.0187. The van der Waals surface area contributed by atoms with Crippen LogP contribution in [0, 0.1) is 0 Å². The Hall–Kier alpha value is -2.84. The first-order chi connectivity index (χ1) is 13.5. The molecular formula is C20H20N2O4S2. The van der Waals surface area contributed by atoms with Gasteiger partial charge in [0.25, 0.3) is 15.9 Å². The van der Waals surface area contributed by atoms with E-state index in [0.717, 1.165) is 4.88 Å². The highest BCUT2D eigenvalue weighted by atomic mass is 32.2. The Bertz CT molecular complexity index is 1030. The Morgan fingerprint density at radius 2 is 1.86 bits per heavy atom. The molecule has 1 amide bonds. The summed E-state index contributed by atoms with van der Waals surface area (Å²) >= 11 is 1.54. The fourth-order valence-corrected chi connectivity index (χ4v) is 4.24. The first-order valence-corrected chi connectivity index (χ1v) is 11.0. The Balaban J connectivity index is 1.71. The second-order valence-electron chi connectivity index (χ2n) is 5.85. The van der Waals surface area contributed by atoms with Crippen LogP contribution in [0.25, 0.3) is 0 Å². The zero-order valence-corrected chi connectivity index (χ0v) is 16.8. The van der Waals surface area contributed by atoms with E-state index in [4.69, 9.17) is 4.74 Å². The van der Waals surface area contributed by atoms with E-state index in [1.807, 2.05) is 24.4 Å². The normalized spacial score (nSPS) is 11.0. The first-order valence-electron chi connectivity index (χ1n) is 8.64. The molecule has 8 heteroatoms. The fraction of sp³-hybridized carbons (Fsp3) is 0.150. The van der Waals surface area contributed by atoms with E-state index in [9.17, 15) is 13.2 Å². The maximum absolute atomic E-state index is 12.7. The number of sulfonamides is 1. The number of benzene rings is 2. The van der Waals surface area contributed by atoms with Crippen molar-refractivity contribution in [1.82, 2.24) is 5.32 Å². The van der Waals surface area contributed by atoms with Gasteiger partial charge in [0.1, 0.15) is 5.75 Å². The van der Waals surface area contributed by atoms with Crippen LogP contribution < -0.4 is 14.8 Å². The van der Waals surface area contributed by atoms with Crippen molar-refractivity contribution in [3.05, 3.63) is 76.5 Å². The molecule has 0 atom stereocenters. The second-order valence-corrected chi connectivity index (χ2v) is 8.57. The third-order valence-corrected chi connectivity index (χ3v) is 6.08. The SMILES string of the molecule is CCOc1ccc(NS(=O)(=O)c2cccc(C(=O)NCc3cccs3)c2)cc1. The summed E-state index contributed by atoms with van der Waals surface area (Å²) in [6.07, 6.45) is 0. The number of thiophene rings is 1. The van der Waals surface area contributed by atoms with Crippen molar-refractivity contribution in [2.45, 2.75) is 18.4 Å². The Labute approximate surface area is 168 Å². The molecule has 0 unspecified atom stereocenters. The van der Waals surface area contributed by atoms with Crippen molar-refractivity contribution in [2.24, 2.45) is 0 Å². The van der Waals surface area contributed by atoms with Crippen molar-refractivity contribution in [3.8, 4) is 5.75 Å². The standard InChI is InChI=1S/C20H20N2O4S2/c1-2-26-17-10-8-16(9-11-17)22-28(24,25)19-7-3-5-15(13-19)20(23)21-14-18-6-4-12-27-18/h3-13,22H,2,14H2,1H3,(H,21,23). The molecule has 0 aliphatic rings. The number of anilines is 1. The van der Waals surface area contributed by atoms with Gasteiger partial charge in [0, 0.05) is 16.1 Å². The smallest absolute Gasteiger partial charge is 0.261 e. The largest absolute Gasteiger partial charge is 0.494 e. The van der Waals surface area contributed by atoms with Crippen LogP contribution in [0.2, 0.25) is 0 Å². The van der Waals surface area contributed by atoms with E-state index in [1.165, 1.54) is 12.1 Å². The summed E-state index contributed by atoms with van der Waals surface area (Å²) in [5.74, 6) is 0.335. The van der Waals surface area contributed by atoms with Crippen LogP contribution in [-0.2, 0) is 16.6 Å². The van der Waals surface area contributed by atoms with Gasteiger partial charge >= 0.3 is 0 Å². The number of carbonyl (C=O) groups excluding carboxylic acids is 1. The maximum atomic E-state index is 12.7. The molecule has 3 aromatic rings. The van der Waals surface area contributed by atoms with Crippen molar-refractivity contribution in [3.63, 3.8) is 0 Å². The lowest BCUT2D eigenvalue weighted by molar-refractivity contribution is 0.0951. The molecule has 0 radical (unpaired) electrons. The summed E-state index contributed by atoms with van der Waals surface area (Å²) in [6, 6.07) is 16.4. The molecule has 0 aliphatic carbocycles. The monoisotopic (exact) mass is 416 g/mol. The number of ether oxygens (including phenoxy) is 1. The molecule has 2 N–H and O–H groups in total. The zero-order chi connectivity index (χ0) is 20.0. The van der Waals surface area contributed by atoms with E-state index < -0.39 is 10.0 Å². The topological polar surface area (TPSA) is 84.5 Å². The van der Waals surface area contributed by atoms with Gasteiger partial charge < -0.3 is 10.1 Å². The first kappa shape index (κ1) is 19.9. The Kier molecular flexibility index (Phi) is 6.33. The van der Waals surface area contributed by atoms with E-state index >= 15 is 0 Å². The summed E-state index contributed by atoms with van der Waals surface area (Å²) in [5, 5.41) is 4.72. The molecule has 0 saturated heterocycles. The highest BCUT2D eigenvalue weighted by molar-refractivity contribution is 7.92. The van der Waals surface area contributed by atoms with Gasteiger partial charge in [-0.2, -0.15) is 0 Å². The molecule has 3 rings (SSSR count). The lowest BCUT2D eigenvalue weighted by Gasteiger charge is -2.10. The van der Waals surface area contributed by atoms with Crippen LogP contribution >= 0.6 is 11.3 Å². The molecule has 6 nitrogen and oxygen atoms in total.